The lowest BCUT2D eigenvalue weighted by molar-refractivity contribution is 0.582. The summed E-state index contributed by atoms with van der Waals surface area (Å²) in [5.74, 6) is -0.556. The summed E-state index contributed by atoms with van der Waals surface area (Å²) in [4.78, 5) is 10.3. The maximum atomic E-state index is 12.5. The van der Waals surface area contributed by atoms with Gasteiger partial charge in [0, 0.05) is 6.20 Å². The van der Waals surface area contributed by atoms with Crippen molar-refractivity contribution in [1.82, 2.24) is 15.0 Å². The van der Waals surface area contributed by atoms with Crippen LogP contribution >= 0.6 is 0 Å². The number of H-pyrrole nitrogens is 1. The van der Waals surface area contributed by atoms with Crippen molar-refractivity contribution in [2.45, 2.75) is 20.8 Å². The number of fused-ring (bicyclic) bond motifs is 1. The van der Waals surface area contributed by atoms with Gasteiger partial charge in [-0.05, 0) is 12.5 Å². The van der Waals surface area contributed by atoms with Crippen LogP contribution < -0.4 is 0 Å². The molecule has 0 radical (unpaired) electrons. The van der Waals surface area contributed by atoms with Crippen LogP contribution in [0.3, 0.4) is 0 Å². The third kappa shape index (κ3) is 1.83. The van der Waals surface area contributed by atoms with E-state index in [9.17, 15) is 4.39 Å². The number of aryl methyl sites for hydroxylation is 1. The van der Waals surface area contributed by atoms with Crippen molar-refractivity contribution in [3.63, 3.8) is 0 Å². The Morgan fingerprint density at radius 3 is 2.77 bits per heavy atom. The zero-order valence-electron chi connectivity index (χ0n) is 7.93. The van der Waals surface area contributed by atoms with Crippen molar-refractivity contribution >= 4 is 11.2 Å². The monoisotopic (exact) mass is 181 g/mol. The van der Waals surface area contributed by atoms with Gasteiger partial charge in [0.05, 0.1) is 6.20 Å². The van der Waals surface area contributed by atoms with Crippen LogP contribution in [0.2, 0.25) is 0 Å². The standard InChI is InChI=1S/C7H6FN3.C2H6/c1-4-2-10-7-6(4)9-3-5(8)11-7;1-2/h2-3H,1H3,(H,10,11);1-2H3. The Kier molecular flexibility index (Phi) is 2.95. The SMILES string of the molecule is CC.Cc1c[nH]c2nc(F)cnc12. The third-order valence-electron chi connectivity index (χ3n) is 1.54. The fourth-order valence-corrected chi connectivity index (χ4v) is 1.00. The third-order valence-corrected chi connectivity index (χ3v) is 1.54. The Balaban J connectivity index is 0.000000396. The fraction of sp³-hybridized carbons (Fsp3) is 0.333. The molecule has 0 amide bonds. The van der Waals surface area contributed by atoms with Gasteiger partial charge in [-0.1, -0.05) is 13.8 Å². The highest BCUT2D eigenvalue weighted by Crippen LogP contribution is 2.11. The number of nitrogens with zero attached hydrogens (tertiary/aromatic N) is 2. The molecule has 0 aromatic carbocycles. The molecule has 0 spiro atoms. The topological polar surface area (TPSA) is 41.6 Å². The first-order valence-electron chi connectivity index (χ1n) is 4.23. The lowest BCUT2D eigenvalue weighted by Crippen LogP contribution is -1.85. The van der Waals surface area contributed by atoms with Crippen LogP contribution in [0.1, 0.15) is 19.4 Å². The van der Waals surface area contributed by atoms with Crippen LogP contribution in [0, 0.1) is 12.9 Å². The van der Waals surface area contributed by atoms with Gasteiger partial charge < -0.3 is 4.98 Å². The Bertz CT molecular complexity index is 395. The lowest BCUT2D eigenvalue weighted by Gasteiger charge is -1.88. The molecule has 0 saturated carbocycles. The average molecular weight is 181 g/mol. The Morgan fingerprint density at radius 2 is 2.08 bits per heavy atom. The van der Waals surface area contributed by atoms with Crippen LogP contribution in [0.5, 0.6) is 0 Å². The second-order valence-corrected chi connectivity index (χ2v) is 2.36. The molecule has 0 bridgehead atoms. The maximum absolute atomic E-state index is 12.5. The number of hydrogen-bond acceptors (Lipinski definition) is 2. The van der Waals surface area contributed by atoms with Crippen molar-refractivity contribution in [3.8, 4) is 0 Å². The molecule has 2 rings (SSSR count). The minimum atomic E-state index is -0.556. The molecule has 2 aromatic heterocycles. The number of rotatable bonds is 0. The minimum absolute atomic E-state index is 0.502. The predicted octanol–water partition coefficient (Wildman–Crippen LogP) is 2.43. The molecule has 2 heterocycles. The highest BCUT2D eigenvalue weighted by Gasteiger charge is 2.01. The van der Waals surface area contributed by atoms with E-state index in [2.05, 4.69) is 15.0 Å². The molecule has 1 N–H and O–H groups in total. The van der Waals surface area contributed by atoms with Gasteiger partial charge in [0.15, 0.2) is 5.65 Å². The fourth-order valence-electron chi connectivity index (χ4n) is 1.00. The van der Waals surface area contributed by atoms with Crippen molar-refractivity contribution in [2.24, 2.45) is 0 Å². The van der Waals surface area contributed by atoms with Gasteiger partial charge in [-0.2, -0.15) is 9.37 Å². The van der Waals surface area contributed by atoms with Gasteiger partial charge in [0.25, 0.3) is 0 Å². The van der Waals surface area contributed by atoms with Gasteiger partial charge in [-0.25, -0.2) is 4.98 Å². The van der Waals surface area contributed by atoms with E-state index in [0.29, 0.717) is 5.65 Å². The number of aromatic nitrogens is 3. The van der Waals surface area contributed by atoms with Crippen molar-refractivity contribution in [3.05, 3.63) is 23.9 Å². The van der Waals surface area contributed by atoms with Crippen LogP contribution in [0.4, 0.5) is 4.39 Å². The van der Waals surface area contributed by atoms with Crippen LogP contribution in [0.15, 0.2) is 12.4 Å². The Hall–Kier alpha value is -1.45. The number of aromatic amines is 1. The van der Waals surface area contributed by atoms with Crippen molar-refractivity contribution < 1.29 is 4.39 Å². The molecule has 0 unspecified atom stereocenters. The molecular weight excluding hydrogens is 169 g/mol. The molecular formula is C9H12FN3. The van der Waals surface area contributed by atoms with E-state index in [1.165, 1.54) is 0 Å². The molecule has 3 nitrogen and oxygen atoms in total. The first-order chi connectivity index (χ1) is 6.27. The van der Waals surface area contributed by atoms with E-state index in [1.807, 2.05) is 20.8 Å². The normalized spacial score (nSPS) is 9.54. The van der Waals surface area contributed by atoms with Gasteiger partial charge >= 0.3 is 0 Å². The van der Waals surface area contributed by atoms with E-state index in [1.54, 1.807) is 6.20 Å². The summed E-state index contributed by atoms with van der Waals surface area (Å²) in [6, 6.07) is 0. The molecule has 0 fully saturated rings. The molecule has 0 aliphatic carbocycles. The van der Waals surface area contributed by atoms with Gasteiger partial charge in [-0.3, -0.25) is 0 Å². The maximum Gasteiger partial charge on any atom is 0.233 e. The van der Waals surface area contributed by atoms with Crippen molar-refractivity contribution in [2.75, 3.05) is 0 Å². The largest absolute Gasteiger partial charge is 0.344 e. The molecule has 0 atom stereocenters. The van der Waals surface area contributed by atoms with E-state index < -0.39 is 5.95 Å². The average Bonchev–Trinajstić information content (AvgIpc) is 2.51. The van der Waals surface area contributed by atoms with Crippen LogP contribution in [-0.4, -0.2) is 15.0 Å². The van der Waals surface area contributed by atoms with E-state index >= 15 is 0 Å². The quantitative estimate of drug-likeness (QED) is 0.678. The molecule has 4 heteroatoms. The summed E-state index contributed by atoms with van der Waals surface area (Å²) in [6.45, 7) is 5.89. The lowest BCUT2D eigenvalue weighted by atomic mass is 10.3. The zero-order valence-corrected chi connectivity index (χ0v) is 7.93. The molecule has 13 heavy (non-hydrogen) atoms. The van der Waals surface area contributed by atoms with Crippen molar-refractivity contribution in [1.29, 1.82) is 0 Å². The number of halogens is 1. The summed E-state index contributed by atoms with van der Waals surface area (Å²) < 4.78 is 12.5. The second-order valence-electron chi connectivity index (χ2n) is 2.36. The highest BCUT2D eigenvalue weighted by atomic mass is 19.1. The van der Waals surface area contributed by atoms with E-state index in [0.717, 1.165) is 17.3 Å². The first kappa shape index (κ1) is 9.64. The molecule has 0 aliphatic rings. The second kappa shape index (κ2) is 3.98. The molecule has 2 aromatic rings. The Labute approximate surface area is 76.0 Å². The van der Waals surface area contributed by atoms with Crippen LogP contribution in [0.25, 0.3) is 11.2 Å². The zero-order chi connectivity index (χ0) is 9.84. The summed E-state index contributed by atoms with van der Waals surface area (Å²) >= 11 is 0. The van der Waals surface area contributed by atoms with Gasteiger partial charge in [0.2, 0.25) is 5.95 Å². The summed E-state index contributed by atoms with van der Waals surface area (Å²) in [7, 11) is 0. The molecule has 0 aliphatic heterocycles. The highest BCUT2D eigenvalue weighted by molar-refractivity contribution is 5.73. The number of nitrogens with one attached hydrogen (secondary N) is 1. The molecule has 70 valence electrons. The van der Waals surface area contributed by atoms with E-state index in [4.69, 9.17) is 0 Å². The van der Waals surface area contributed by atoms with E-state index in [-0.39, 0.29) is 0 Å². The Morgan fingerprint density at radius 1 is 1.38 bits per heavy atom. The first-order valence-corrected chi connectivity index (χ1v) is 4.23. The minimum Gasteiger partial charge on any atom is -0.344 e. The summed E-state index contributed by atoms with van der Waals surface area (Å²) in [5, 5.41) is 0. The van der Waals surface area contributed by atoms with Crippen LogP contribution in [-0.2, 0) is 0 Å². The van der Waals surface area contributed by atoms with Gasteiger partial charge in [0.1, 0.15) is 5.52 Å². The smallest absolute Gasteiger partial charge is 0.233 e. The number of hydrogen-bond donors (Lipinski definition) is 1. The molecule has 0 saturated heterocycles. The van der Waals surface area contributed by atoms with Gasteiger partial charge in [-0.15, -0.1) is 0 Å². The summed E-state index contributed by atoms with van der Waals surface area (Å²) in [6.07, 6.45) is 2.87. The predicted molar refractivity (Wildman–Crippen MR) is 49.9 cm³/mol. The summed E-state index contributed by atoms with van der Waals surface area (Å²) in [5.41, 5.74) is 2.21.